The van der Waals surface area contributed by atoms with Crippen molar-refractivity contribution in [2.45, 2.75) is 19.8 Å². The second kappa shape index (κ2) is 5.12. The maximum atomic E-state index is 12.0. The van der Waals surface area contributed by atoms with Gasteiger partial charge in [-0.1, -0.05) is 18.2 Å². The molecule has 2 aliphatic rings. The van der Waals surface area contributed by atoms with Crippen molar-refractivity contribution >= 4 is 17.3 Å². The molecule has 0 unspecified atom stereocenters. The Bertz CT molecular complexity index is 679. The number of nitrogens with zero attached hydrogens (tertiary/aromatic N) is 2. The van der Waals surface area contributed by atoms with Crippen molar-refractivity contribution in [2.75, 3.05) is 0 Å². The maximum absolute atomic E-state index is 12.0. The molecule has 0 radical (unpaired) electrons. The number of hydrogen-bond acceptors (Lipinski definition) is 4. The first-order valence-electron chi connectivity index (χ1n) is 6.85. The van der Waals surface area contributed by atoms with Gasteiger partial charge in [0.1, 0.15) is 0 Å². The van der Waals surface area contributed by atoms with E-state index in [1.807, 2.05) is 0 Å². The van der Waals surface area contributed by atoms with Crippen molar-refractivity contribution in [1.82, 2.24) is 5.43 Å². The molecular weight excluding hydrogens is 270 g/mol. The molecule has 0 saturated heterocycles. The second-order valence-corrected chi connectivity index (χ2v) is 5.44. The molecule has 0 aromatic heterocycles. The first-order chi connectivity index (χ1) is 10.1. The third-order valence-corrected chi connectivity index (χ3v) is 4.13. The van der Waals surface area contributed by atoms with Crippen LogP contribution in [0.25, 0.3) is 0 Å². The zero-order chi connectivity index (χ0) is 15.0. The number of hydrazone groups is 1. The number of nitro benzene ring substituents is 1. The number of fused-ring (bicyclic) bond motifs is 1. The standard InChI is InChI=1S/C15H15N3O3/c1-9-5-6-11(8-14(9)18(20)21)15(19)17-16-13-7-10-3-2-4-12(10)13/h2-3,5-6,8,10,12H,4,7H2,1H3,(H,17,19)/b16-13+/t10-,12+/m1/s1. The third-order valence-electron chi connectivity index (χ3n) is 4.13. The van der Waals surface area contributed by atoms with E-state index in [4.69, 9.17) is 0 Å². The molecule has 108 valence electrons. The molecule has 3 rings (SSSR count). The molecular formula is C15H15N3O3. The van der Waals surface area contributed by atoms with Crippen molar-refractivity contribution < 1.29 is 9.72 Å². The third kappa shape index (κ3) is 2.44. The Morgan fingerprint density at radius 3 is 3.00 bits per heavy atom. The lowest BCUT2D eigenvalue weighted by Gasteiger charge is -2.31. The van der Waals surface area contributed by atoms with Gasteiger partial charge in [-0.2, -0.15) is 5.10 Å². The fourth-order valence-electron chi connectivity index (χ4n) is 2.80. The highest BCUT2D eigenvalue weighted by Crippen LogP contribution is 2.40. The second-order valence-electron chi connectivity index (χ2n) is 5.44. The highest BCUT2D eigenvalue weighted by molar-refractivity contribution is 5.98. The SMILES string of the molecule is Cc1ccc(C(=O)N/N=C2\C[C@H]3C=CC[C@H]23)cc1[N+](=O)[O-]. The van der Waals surface area contributed by atoms with Crippen LogP contribution in [0.4, 0.5) is 5.69 Å². The van der Waals surface area contributed by atoms with Crippen molar-refractivity contribution in [3.8, 4) is 0 Å². The van der Waals surface area contributed by atoms with Crippen LogP contribution in [0.15, 0.2) is 35.5 Å². The van der Waals surface area contributed by atoms with Crippen LogP contribution in [-0.4, -0.2) is 16.5 Å². The van der Waals surface area contributed by atoms with Crippen molar-refractivity contribution in [2.24, 2.45) is 16.9 Å². The highest BCUT2D eigenvalue weighted by atomic mass is 16.6. The molecule has 1 amide bonds. The van der Waals surface area contributed by atoms with Gasteiger partial charge < -0.3 is 0 Å². The molecule has 2 aliphatic carbocycles. The zero-order valence-electron chi connectivity index (χ0n) is 11.6. The highest BCUT2D eigenvalue weighted by Gasteiger charge is 2.38. The van der Waals surface area contributed by atoms with Crippen LogP contribution in [0, 0.1) is 28.9 Å². The Kier molecular flexibility index (Phi) is 3.29. The number of hydrogen-bond donors (Lipinski definition) is 1. The molecule has 0 heterocycles. The average molecular weight is 285 g/mol. The fraction of sp³-hybridized carbons (Fsp3) is 0.333. The molecule has 1 aromatic rings. The normalized spacial score (nSPS) is 24.5. The van der Waals surface area contributed by atoms with E-state index < -0.39 is 10.8 Å². The van der Waals surface area contributed by atoms with Crippen LogP contribution >= 0.6 is 0 Å². The average Bonchev–Trinajstić information content (AvgIpc) is 2.80. The Hall–Kier alpha value is -2.50. The van der Waals surface area contributed by atoms with Gasteiger partial charge >= 0.3 is 0 Å². The fourth-order valence-corrected chi connectivity index (χ4v) is 2.80. The quantitative estimate of drug-likeness (QED) is 0.526. The lowest BCUT2D eigenvalue weighted by atomic mass is 9.74. The summed E-state index contributed by atoms with van der Waals surface area (Å²) in [6.07, 6.45) is 6.20. The van der Waals surface area contributed by atoms with Crippen molar-refractivity contribution in [1.29, 1.82) is 0 Å². The summed E-state index contributed by atoms with van der Waals surface area (Å²) in [6.45, 7) is 1.64. The number of amides is 1. The van der Waals surface area contributed by atoms with E-state index in [0.717, 1.165) is 18.6 Å². The maximum Gasteiger partial charge on any atom is 0.273 e. The molecule has 1 N–H and O–H groups in total. The number of carbonyl (C=O) groups excluding carboxylic acids is 1. The van der Waals surface area contributed by atoms with Crippen molar-refractivity contribution in [3.63, 3.8) is 0 Å². The molecule has 1 fully saturated rings. The zero-order valence-corrected chi connectivity index (χ0v) is 11.6. The summed E-state index contributed by atoms with van der Waals surface area (Å²) < 4.78 is 0. The van der Waals surface area contributed by atoms with Gasteiger partial charge in [-0.05, 0) is 31.7 Å². The first kappa shape index (κ1) is 13.5. The van der Waals surface area contributed by atoms with Crippen LogP contribution in [0.5, 0.6) is 0 Å². The summed E-state index contributed by atoms with van der Waals surface area (Å²) >= 11 is 0. The smallest absolute Gasteiger partial charge is 0.267 e. The summed E-state index contributed by atoms with van der Waals surface area (Å²) in [7, 11) is 0. The van der Waals surface area contributed by atoms with Gasteiger partial charge in [0.05, 0.1) is 4.92 Å². The molecule has 0 spiro atoms. The van der Waals surface area contributed by atoms with E-state index >= 15 is 0 Å². The number of benzene rings is 1. The number of aryl methyl sites for hydroxylation is 1. The van der Waals surface area contributed by atoms with E-state index in [1.165, 1.54) is 6.07 Å². The van der Waals surface area contributed by atoms with E-state index in [2.05, 4.69) is 22.7 Å². The molecule has 21 heavy (non-hydrogen) atoms. The molecule has 0 bridgehead atoms. The summed E-state index contributed by atoms with van der Waals surface area (Å²) in [5.41, 5.74) is 4.22. The summed E-state index contributed by atoms with van der Waals surface area (Å²) in [5, 5.41) is 15.0. The van der Waals surface area contributed by atoms with Gasteiger partial charge in [-0.3, -0.25) is 14.9 Å². The van der Waals surface area contributed by atoms with E-state index in [-0.39, 0.29) is 11.3 Å². The van der Waals surface area contributed by atoms with Crippen LogP contribution in [0.3, 0.4) is 0 Å². The Balaban J connectivity index is 1.70. The lowest BCUT2D eigenvalue weighted by Crippen LogP contribution is -2.35. The minimum Gasteiger partial charge on any atom is -0.267 e. The molecule has 6 heteroatoms. The van der Waals surface area contributed by atoms with Crippen LogP contribution in [0.2, 0.25) is 0 Å². The van der Waals surface area contributed by atoms with Crippen LogP contribution in [0.1, 0.15) is 28.8 Å². The minimum absolute atomic E-state index is 0.0565. The van der Waals surface area contributed by atoms with Gasteiger partial charge in [-0.15, -0.1) is 0 Å². The van der Waals surface area contributed by atoms with Gasteiger partial charge in [0.25, 0.3) is 11.6 Å². The molecule has 0 aliphatic heterocycles. The Morgan fingerprint density at radius 2 is 2.29 bits per heavy atom. The topological polar surface area (TPSA) is 84.6 Å². The predicted octanol–water partition coefficient (Wildman–Crippen LogP) is 2.59. The van der Waals surface area contributed by atoms with E-state index in [9.17, 15) is 14.9 Å². The summed E-state index contributed by atoms with van der Waals surface area (Å²) in [4.78, 5) is 22.4. The monoisotopic (exact) mass is 285 g/mol. The lowest BCUT2D eigenvalue weighted by molar-refractivity contribution is -0.385. The predicted molar refractivity (Wildman–Crippen MR) is 78.1 cm³/mol. The number of carbonyl (C=O) groups is 1. The minimum atomic E-state index is -0.487. The number of allylic oxidation sites excluding steroid dienone is 2. The van der Waals surface area contributed by atoms with Crippen molar-refractivity contribution in [3.05, 3.63) is 51.6 Å². The summed E-state index contributed by atoms with van der Waals surface area (Å²) in [5.74, 6) is 0.582. The van der Waals surface area contributed by atoms with Gasteiger partial charge in [0.15, 0.2) is 0 Å². The molecule has 6 nitrogen and oxygen atoms in total. The van der Waals surface area contributed by atoms with Gasteiger partial charge in [-0.25, -0.2) is 5.43 Å². The first-order valence-corrected chi connectivity index (χ1v) is 6.85. The number of rotatable bonds is 3. The van der Waals surface area contributed by atoms with Crippen LogP contribution in [-0.2, 0) is 0 Å². The largest absolute Gasteiger partial charge is 0.273 e. The Labute approximate surface area is 121 Å². The van der Waals surface area contributed by atoms with E-state index in [1.54, 1.807) is 19.1 Å². The molecule has 2 atom stereocenters. The summed E-state index contributed by atoms with van der Waals surface area (Å²) in [6, 6.07) is 4.42. The van der Waals surface area contributed by atoms with Gasteiger partial charge in [0.2, 0.25) is 0 Å². The molecule has 1 saturated carbocycles. The molecule has 1 aromatic carbocycles. The number of nitro groups is 1. The van der Waals surface area contributed by atoms with Crippen LogP contribution < -0.4 is 5.43 Å². The Morgan fingerprint density at radius 1 is 1.48 bits per heavy atom. The van der Waals surface area contributed by atoms with E-state index in [0.29, 0.717) is 17.4 Å². The van der Waals surface area contributed by atoms with Gasteiger partial charge in [0, 0.05) is 28.8 Å². The number of nitrogens with one attached hydrogen (secondary N) is 1.